The maximum Gasteiger partial charge on any atom is 0.227 e. The molecule has 18 heavy (non-hydrogen) atoms. The van der Waals surface area contributed by atoms with Crippen molar-refractivity contribution >= 4 is 17.3 Å². The number of carbonyl (C=O) groups excluding carboxylic acids is 1. The number of hydrogen-bond donors (Lipinski definition) is 2. The summed E-state index contributed by atoms with van der Waals surface area (Å²) in [6.45, 7) is 2.10. The van der Waals surface area contributed by atoms with Crippen molar-refractivity contribution in [2.75, 3.05) is 11.1 Å². The number of nitrogen functional groups attached to an aromatic ring is 1. The Hall–Kier alpha value is -2.02. The second-order valence-electron chi connectivity index (χ2n) is 4.92. The average molecular weight is 243 g/mol. The van der Waals surface area contributed by atoms with Crippen molar-refractivity contribution in [3.8, 4) is 6.07 Å². The molecular weight excluding hydrogens is 226 g/mol. The second-order valence-corrected chi connectivity index (χ2v) is 4.92. The van der Waals surface area contributed by atoms with E-state index in [1.807, 2.05) is 6.07 Å². The molecule has 0 aromatic heterocycles. The molecule has 1 aliphatic carbocycles. The fourth-order valence-corrected chi connectivity index (χ4v) is 2.52. The van der Waals surface area contributed by atoms with Gasteiger partial charge in [0.2, 0.25) is 5.91 Å². The minimum Gasteiger partial charge on any atom is -0.399 e. The number of nitrogens with two attached hydrogens (primary N) is 1. The number of nitrogens with zero attached hydrogens (tertiary/aromatic N) is 1. The zero-order valence-corrected chi connectivity index (χ0v) is 10.4. The van der Waals surface area contributed by atoms with E-state index in [9.17, 15) is 4.79 Å². The lowest BCUT2D eigenvalue weighted by Gasteiger charge is -2.15. The fourth-order valence-electron chi connectivity index (χ4n) is 2.52. The van der Waals surface area contributed by atoms with E-state index in [0.29, 0.717) is 22.9 Å². The van der Waals surface area contributed by atoms with Crippen LogP contribution in [0.25, 0.3) is 0 Å². The first kappa shape index (κ1) is 12.4. The number of benzene rings is 1. The summed E-state index contributed by atoms with van der Waals surface area (Å²) in [6, 6.07) is 7.00. The van der Waals surface area contributed by atoms with Gasteiger partial charge >= 0.3 is 0 Å². The molecule has 2 unspecified atom stereocenters. The Morgan fingerprint density at radius 2 is 2.28 bits per heavy atom. The molecule has 1 aromatic rings. The lowest BCUT2D eigenvalue weighted by Crippen LogP contribution is -2.24. The Morgan fingerprint density at radius 3 is 2.89 bits per heavy atom. The van der Waals surface area contributed by atoms with Crippen LogP contribution in [0.3, 0.4) is 0 Å². The lowest BCUT2D eigenvalue weighted by atomic mass is 9.97. The van der Waals surface area contributed by atoms with Crippen LogP contribution in [0, 0.1) is 23.2 Å². The van der Waals surface area contributed by atoms with Crippen molar-refractivity contribution < 1.29 is 4.79 Å². The van der Waals surface area contributed by atoms with Gasteiger partial charge in [-0.05, 0) is 37.0 Å². The highest BCUT2D eigenvalue weighted by Gasteiger charge is 2.29. The number of rotatable bonds is 2. The first-order chi connectivity index (χ1) is 8.61. The zero-order chi connectivity index (χ0) is 13.1. The first-order valence-corrected chi connectivity index (χ1v) is 6.22. The van der Waals surface area contributed by atoms with Gasteiger partial charge in [-0.1, -0.05) is 13.3 Å². The standard InChI is InChI=1S/C14H17N3O/c1-9-3-2-4-12(9)14(18)17-13-6-5-11(16)7-10(13)8-15/h5-7,9,12H,2-4,16H2,1H3,(H,17,18). The maximum atomic E-state index is 12.1. The van der Waals surface area contributed by atoms with E-state index in [1.54, 1.807) is 18.2 Å². The molecular formula is C14H17N3O. The quantitative estimate of drug-likeness (QED) is 0.783. The molecule has 3 N–H and O–H groups in total. The van der Waals surface area contributed by atoms with Gasteiger partial charge in [0.05, 0.1) is 11.3 Å². The third-order valence-corrected chi connectivity index (χ3v) is 3.62. The van der Waals surface area contributed by atoms with E-state index in [1.165, 1.54) is 0 Å². The maximum absolute atomic E-state index is 12.1. The van der Waals surface area contributed by atoms with Crippen molar-refractivity contribution in [1.29, 1.82) is 5.26 Å². The summed E-state index contributed by atoms with van der Waals surface area (Å²) >= 11 is 0. The summed E-state index contributed by atoms with van der Waals surface area (Å²) in [7, 11) is 0. The molecule has 1 aromatic carbocycles. The van der Waals surface area contributed by atoms with E-state index in [0.717, 1.165) is 19.3 Å². The Bertz CT molecular complexity index is 504. The molecule has 1 aliphatic rings. The minimum atomic E-state index is 0.0151. The first-order valence-electron chi connectivity index (χ1n) is 6.22. The number of anilines is 2. The lowest BCUT2D eigenvalue weighted by molar-refractivity contribution is -0.120. The Labute approximate surface area is 107 Å². The summed E-state index contributed by atoms with van der Waals surface area (Å²) in [6.07, 6.45) is 3.14. The van der Waals surface area contributed by atoms with Crippen LogP contribution in [0.5, 0.6) is 0 Å². The van der Waals surface area contributed by atoms with Gasteiger partial charge in [0, 0.05) is 11.6 Å². The van der Waals surface area contributed by atoms with Gasteiger partial charge in [-0.15, -0.1) is 0 Å². The summed E-state index contributed by atoms with van der Waals surface area (Å²) in [4.78, 5) is 12.1. The van der Waals surface area contributed by atoms with E-state index in [2.05, 4.69) is 12.2 Å². The molecule has 1 fully saturated rings. The van der Waals surface area contributed by atoms with Crippen LogP contribution in [-0.2, 0) is 4.79 Å². The molecule has 0 aliphatic heterocycles. The number of amides is 1. The number of nitrogens with one attached hydrogen (secondary N) is 1. The minimum absolute atomic E-state index is 0.0151. The molecule has 0 radical (unpaired) electrons. The monoisotopic (exact) mass is 243 g/mol. The van der Waals surface area contributed by atoms with E-state index < -0.39 is 0 Å². The normalized spacial score (nSPS) is 22.4. The molecule has 0 spiro atoms. The third kappa shape index (κ3) is 2.45. The molecule has 4 heteroatoms. The fraction of sp³-hybridized carbons (Fsp3) is 0.429. The van der Waals surface area contributed by atoms with Crippen LogP contribution in [0.1, 0.15) is 31.7 Å². The number of carbonyl (C=O) groups is 1. The predicted octanol–water partition coefficient (Wildman–Crippen LogP) is 2.52. The molecule has 0 bridgehead atoms. The van der Waals surface area contributed by atoms with Gasteiger partial charge in [0.25, 0.3) is 0 Å². The summed E-state index contributed by atoms with van der Waals surface area (Å²) in [5.41, 5.74) is 7.10. The SMILES string of the molecule is CC1CCCC1C(=O)Nc1ccc(N)cc1C#N. The molecule has 0 saturated heterocycles. The Balaban J connectivity index is 2.14. The van der Waals surface area contributed by atoms with Crippen LogP contribution >= 0.6 is 0 Å². The van der Waals surface area contributed by atoms with E-state index in [-0.39, 0.29) is 11.8 Å². The average Bonchev–Trinajstić information content (AvgIpc) is 2.77. The number of hydrogen-bond acceptors (Lipinski definition) is 3. The van der Waals surface area contributed by atoms with Crippen LogP contribution in [0.15, 0.2) is 18.2 Å². The van der Waals surface area contributed by atoms with Crippen molar-refractivity contribution in [2.24, 2.45) is 11.8 Å². The van der Waals surface area contributed by atoms with Gasteiger partial charge < -0.3 is 11.1 Å². The molecule has 4 nitrogen and oxygen atoms in total. The molecule has 0 heterocycles. The molecule has 2 atom stereocenters. The van der Waals surface area contributed by atoms with Gasteiger partial charge in [0.1, 0.15) is 6.07 Å². The molecule has 94 valence electrons. The van der Waals surface area contributed by atoms with Crippen LogP contribution in [0.4, 0.5) is 11.4 Å². The Morgan fingerprint density at radius 1 is 1.50 bits per heavy atom. The predicted molar refractivity (Wildman–Crippen MR) is 70.7 cm³/mol. The summed E-state index contributed by atoms with van der Waals surface area (Å²) < 4.78 is 0. The van der Waals surface area contributed by atoms with Crippen molar-refractivity contribution in [3.05, 3.63) is 23.8 Å². The van der Waals surface area contributed by atoms with Gasteiger partial charge in [-0.3, -0.25) is 4.79 Å². The van der Waals surface area contributed by atoms with Gasteiger partial charge in [-0.2, -0.15) is 5.26 Å². The molecule has 1 saturated carbocycles. The van der Waals surface area contributed by atoms with Crippen molar-refractivity contribution in [3.63, 3.8) is 0 Å². The molecule has 2 rings (SSSR count). The van der Waals surface area contributed by atoms with E-state index in [4.69, 9.17) is 11.0 Å². The largest absolute Gasteiger partial charge is 0.399 e. The van der Waals surface area contributed by atoms with E-state index >= 15 is 0 Å². The smallest absolute Gasteiger partial charge is 0.227 e. The molecule has 1 amide bonds. The highest BCUT2D eigenvalue weighted by atomic mass is 16.1. The zero-order valence-electron chi connectivity index (χ0n) is 10.4. The third-order valence-electron chi connectivity index (χ3n) is 3.62. The highest BCUT2D eigenvalue weighted by molar-refractivity contribution is 5.94. The topological polar surface area (TPSA) is 78.9 Å². The van der Waals surface area contributed by atoms with Gasteiger partial charge in [0.15, 0.2) is 0 Å². The highest BCUT2D eigenvalue weighted by Crippen LogP contribution is 2.32. The van der Waals surface area contributed by atoms with Gasteiger partial charge in [-0.25, -0.2) is 0 Å². The number of nitriles is 1. The van der Waals surface area contributed by atoms with Crippen molar-refractivity contribution in [1.82, 2.24) is 0 Å². The van der Waals surface area contributed by atoms with Crippen LogP contribution in [0.2, 0.25) is 0 Å². The Kier molecular flexibility index (Phi) is 3.52. The second kappa shape index (κ2) is 5.09. The van der Waals surface area contributed by atoms with Crippen LogP contribution < -0.4 is 11.1 Å². The summed E-state index contributed by atoms with van der Waals surface area (Å²) in [5.74, 6) is 0.500. The van der Waals surface area contributed by atoms with Crippen molar-refractivity contribution in [2.45, 2.75) is 26.2 Å². The van der Waals surface area contributed by atoms with Crippen LogP contribution in [-0.4, -0.2) is 5.91 Å². The summed E-state index contributed by atoms with van der Waals surface area (Å²) in [5, 5.41) is 11.9.